The van der Waals surface area contributed by atoms with E-state index in [0.717, 1.165) is 11.3 Å². The third-order valence-corrected chi connectivity index (χ3v) is 8.45. The number of esters is 1. The molecule has 3 rings (SSSR count). The van der Waals surface area contributed by atoms with Crippen LogP contribution in [-0.4, -0.2) is 96.3 Å². The first-order chi connectivity index (χ1) is 22.7. The van der Waals surface area contributed by atoms with Crippen molar-refractivity contribution in [1.29, 1.82) is 0 Å². The topological polar surface area (TPSA) is 127 Å². The zero-order chi connectivity index (χ0) is 35.5. The molecule has 3 amide bonds. The van der Waals surface area contributed by atoms with E-state index >= 15 is 0 Å². The van der Waals surface area contributed by atoms with Crippen molar-refractivity contribution in [2.24, 2.45) is 5.92 Å². The van der Waals surface area contributed by atoms with Gasteiger partial charge >= 0.3 is 12.1 Å². The number of halogens is 1. The predicted octanol–water partition coefficient (Wildman–Crippen LogP) is 4.92. The van der Waals surface area contributed by atoms with Crippen LogP contribution in [0.2, 0.25) is 5.02 Å². The number of alkyl carbamates (subject to hydrolysis) is 1. The molecule has 1 aliphatic rings. The SMILES string of the molecule is C=CCOC(=O)NC(COC)C(=O)N(C)[C@@]1(Cc2ccc(Cl)cc2)CCCN(C(=O)C(CC(=O)OC(C)(C)C)Cc2cccc(C)n2)C1. The molecule has 1 N–H and O–H groups in total. The number of likely N-dealkylation sites (tertiary alicyclic amines) is 1. The van der Waals surface area contributed by atoms with E-state index in [0.29, 0.717) is 36.5 Å². The first kappa shape index (κ1) is 38.5. The van der Waals surface area contributed by atoms with E-state index in [1.807, 2.05) is 37.3 Å². The summed E-state index contributed by atoms with van der Waals surface area (Å²) in [5.41, 5.74) is 0.854. The van der Waals surface area contributed by atoms with Gasteiger partial charge in [0, 0.05) is 50.1 Å². The number of carbonyl (C=O) groups is 4. The summed E-state index contributed by atoms with van der Waals surface area (Å²) in [5.74, 6) is -1.82. The molecule has 0 saturated carbocycles. The van der Waals surface area contributed by atoms with Gasteiger partial charge in [-0.3, -0.25) is 19.4 Å². The van der Waals surface area contributed by atoms with Crippen LogP contribution < -0.4 is 5.32 Å². The van der Waals surface area contributed by atoms with E-state index < -0.39 is 41.1 Å². The van der Waals surface area contributed by atoms with Crippen LogP contribution in [0.1, 0.15) is 57.0 Å². The van der Waals surface area contributed by atoms with Gasteiger partial charge in [-0.25, -0.2) is 4.79 Å². The molecule has 2 heterocycles. The number of likely N-dealkylation sites (N-methyl/N-ethyl adjacent to an activating group) is 1. The number of benzene rings is 1. The first-order valence-corrected chi connectivity index (χ1v) is 16.5. The van der Waals surface area contributed by atoms with Crippen molar-refractivity contribution in [3.63, 3.8) is 0 Å². The Morgan fingerprint density at radius 1 is 1.17 bits per heavy atom. The highest BCUT2D eigenvalue weighted by atomic mass is 35.5. The van der Waals surface area contributed by atoms with Crippen molar-refractivity contribution < 1.29 is 33.4 Å². The minimum absolute atomic E-state index is 0.0182. The Bertz CT molecular complexity index is 1430. The normalized spacial score (nSPS) is 17.5. The van der Waals surface area contributed by atoms with Crippen molar-refractivity contribution in [3.05, 3.63) is 77.1 Å². The molecule has 0 spiro atoms. The van der Waals surface area contributed by atoms with Gasteiger partial charge in [0.1, 0.15) is 18.2 Å². The molecule has 1 aromatic carbocycles. The molecule has 1 saturated heterocycles. The summed E-state index contributed by atoms with van der Waals surface area (Å²) in [4.78, 5) is 62.0. The first-order valence-electron chi connectivity index (χ1n) is 16.1. The summed E-state index contributed by atoms with van der Waals surface area (Å²) in [6, 6.07) is 11.9. The molecule has 48 heavy (non-hydrogen) atoms. The fraction of sp³-hybridized carbons (Fsp3) is 0.528. The molecular formula is C36H49ClN4O7. The summed E-state index contributed by atoms with van der Waals surface area (Å²) in [5, 5.41) is 3.18. The summed E-state index contributed by atoms with van der Waals surface area (Å²) in [6.45, 7) is 11.3. The Morgan fingerprint density at radius 2 is 1.88 bits per heavy atom. The van der Waals surface area contributed by atoms with Crippen molar-refractivity contribution >= 4 is 35.5 Å². The van der Waals surface area contributed by atoms with Gasteiger partial charge < -0.3 is 29.3 Å². The smallest absolute Gasteiger partial charge is 0.408 e. The van der Waals surface area contributed by atoms with Crippen LogP contribution in [0.5, 0.6) is 0 Å². The second-order valence-corrected chi connectivity index (χ2v) is 13.7. The molecule has 3 atom stereocenters. The number of amides is 3. The van der Waals surface area contributed by atoms with Crippen LogP contribution in [0.25, 0.3) is 0 Å². The lowest BCUT2D eigenvalue weighted by Crippen LogP contribution is -2.65. The Labute approximate surface area is 288 Å². The third-order valence-electron chi connectivity index (χ3n) is 8.20. The van der Waals surface area contributed by atoms with Gasteiger partial charge in [0.05, 0.1) is 24.5 Å². The number of aromatic nitrogens is 1. The number of nitrogens with one attached hydrogen (secondary N) is 1. The van der Waals surface area contributed by atoms with Crippen LogP contribution in [0.15, 0.2) is 55.1 Å². The number of methoxy groups -OCH3 is 1. The molecule has 11 nitrogen and oxygen atoms in total. The maximum atomic E-state index is 14.4. The van der Waals surface area contributed by atoms with Crippen molar-refractivity contribution in [2.75, 3.05) is 40.5 Å². The molecule has 2 unspecified atom stereocenters. The van der Waals surface area contributed by atoms with Crippen molar-refractivity contribution in [2.45, 2.75) is 77.0 Å². The van der Waals surface area contributed by atoms with E-state index in [2.05, 4.69) is 16.9 Å². The highest BCUT2D eigenvalue weighted by Gasteiger charge is 2.45. The lowest BCUT2D eigenvalue weighted by molar-refractivity contribution is -0.159. The number of pyridine rings is 1. The summed E-state index contributed by atoms with van der Waals surface area (Å²) in [7, 11) is 3.12. The van der Waals surface area contributed by atoms with Gasteiger partial charge in [-0.1, -0.05) is 42.5 Å². The van der Waals surface area contributed by atoms with Gasteiger partial charge in [-0.15, -0.1) is 0 Å². The summed E-state index contributed by atoms with van der Waals surface area (Å²) >= 11 is 6.19. The highest BCUT2D eigenvalue weighted by Crippen LogP contribution is 2.33. The van der Waals surface area contributed by atoms with E-state index in [1.54, 1.807) is 49.8 Å². The standard InChI is InChI=1S/C36H49ClN4O7/c1-8-19-47-34(45)39-30(23-46-7)33(44)40(6)36(22-26-13-15-28(37)16-14-26)17-10-18-41(24-36)32(43)27(21-31(42)48-35(3,4)5)20-29-12-9-11-25(2)38-29/h8-9,11-16,27,30H,1,10,17-24H2,2-7H3,(H,39,45)/t27?,30?,36-/m1/s1. The quantitative estimate of drug-likeness (QED) is 0.219. The molecule has 1 aliphatic heterocycles. The number of hydrogen-bond acceptors (Lipinski definition) is 8. The summed E-state index contributed by atoms with van der Waals surface area (Å²) in [6.07, 6.45) is 2.38. The van der Waals surface area contributed by atoms with Crippen molar-refractivity contribution in [1.82, 2.24) is 20.1 Å². The lowest BCUT2D eigenvalue weighted by atomic mass is 9.80. The zero-order valence-electron chi connectivity index (χ0n) is 28.9. The van der Waals surface area contributed by atoms with E-state index in [9.17, 15) is 19.2 Å². The number of nitrogens with zero attached hydrogens (tertiary/aromatic N) is 3. The van der Waals surface area contributed by atoms with Gasteiger partial charge in [0.25, 0.3) is 0 Å². The second-order valence-electron chi connectivity index (χ2n) is 13.3. The number of ether oxygens (including phenoxy) is 3. The average molecular weight is 685 g/mol. The third kappa shape index (κ3) is 11.3. The lowest BCUT2D eigenvalue weighted by Gasteiger charge is -2.49. The van der Waals surface area contributed by atoms with Gasteiger partial charge in [0.2, 0.25) is 11.8 Å². The molecular weight excluding hydrogens is 636 g/mol. The fourth-order valence-corrected chi connectivity index (χ4v) is 6.13. The Balaban J connectivity index is 1.97. The van der Waals surface area contributed by atoms with Crippen LogP contribution in [0, 0.1) is 12.8 Å². The molecule has 0 radical (unpaired) electrons. The average Bonchev–Trinajstić information content (AvgIpc) is 3.02. The number of piperidine rings is 1. The van der Waals surface area contributed by atoms with Gasteiger partial charge in [-0.2, -0.15) is 0 Å². The largest absolute Gasteiger partial charge is 0.460 e. The Morgan fingerprint density at radius 3 is 2.50 bits per heavy atom. The number of carbonyl (C=O) groups excluding carboxylic acids is 4. The van der Waals surface area contributed by atoms with Gasteiger partial charge in [-0.05, 0) is 76.8 Å². The van der Waals surface area contributed by atoms with E-state index in [4.69, 9.17) is 25.8 Å². The molecule has 1 aromatic heterocycles. The minimum Gasteiger partial charge on any atom is -0.460 e. The van der Waals surface area contributed by atoms with E-state index in [-0.39, 0.29) is 38.5 Å². The minimum atomic E-state index is -1.04. The number of hydrogen-bond donors (Lipinski definition) is 1. The maximum Gasteiger partial charge on any atom is 0.408 e. The maximum absolute atomic E-state index is 14.4. The molecule has 262 valence electrons. The van der Waals surface area contributed by atoms with Crippen LogP contribution in [0.4, 0.5) is 4.79 Å². The van der Waals surface area contributed by atoms with Crippen molar-refractivity contribution in [3.8, 4) is 0 Å². The van der Waals surface area contributed by atoms with Crippen LogP contribution in [-0.2, 0) is 41.4 Å². The van der Waals surface area contributed by atoms with E-state index in [1.165, 1.54) is 13.2 Å². The highest BCUT2D eigenvalue weighted by molar-refractivity contribution is 6.30. The predicted molar refractivity (Wildman–Crippen MR) is 183 cm³/mol. The second kappa shape index (κ2) is 17.4. The Kier molecular flexibility index (Phi) is 14.0. The molecule has 0 aliphatic carbocycles. The van der Waals surface area contributed by atoms with Gasteiger partial charge in [0.15, 0.2) is 0 Å². The molecule has 12 heteroatoms. The van der Waals surface area contributed by atoms with Crippen LogP contribution in [0.3, 0.4) is 0 Å². The zero-order valence-corrected chi connectivity index (χ0v) is 29.7. The monoisotopic (exact) mass is 684 g/mol. The summed E-state index contributed by atoms with van der Waals surface area (Å²) < 4.78 is 16.0. The van der Waals surface area contributed by atoms with Crippen LogP contribution >= 0.6 is 11.6 Å². The molecule has 0 bridgehead atoms. The fourth-order valence-electron chi connectivity index (χ4n) is 6.00. The Hall–Kier alpha value is -3.96. The molecule has 2 aromatic rings. The number of aryl methyl sites for hydroxylation is 1. The number of rotatable bonds is 14. The molecule has 1 fully saturated rings.